The van der Waals surface area contributed by atoms with E-state index in [-0.39, 0.29) is 0 Å². The zero-order chi connectivity index (χ0) is 6.57. The average molecular weight is 137 g/mol. The lowest BCUT2D eigenvalue weighted by Gasteiger charge is -2.00. The Bertz CT molecular complexity index is 84.1. The molecule has 4 heteroatoms. The van der Waals surface area contributed by atoms with E-state index >= 15 is 0 Å². The largest absolute Gasteiger partial charge is 0.294 e. The number of hydrogen-bond donors (Lipinski definition) is 2. The Morgan fingerprint density at radius 2 is 2.25 bits per heavy atom. The first-order chi connectivity index (χ1) is 3.63. The van der Waals surface area contributed by atoms with E-state index < -0.39 is 11.3 Å². The molecule has 2 N–H and O–H groups in total. The minimum absolute atomic E-state index is 0.422. The lowest BCUT2D eigenvalue weighted by atomic mass is 10.2. The summed E-state index contributed by atoms with van der Waals surface area (Å²) in [4.78, 5) is 0. The molecule has 0 radical (unpaired) electrons. The normalized spacial score (nSPS) is 14.5. The third-order valence-corrected chi connectivity index (χ3v) is 1.03. The van der Waals surface area contributed by atoms with Gasteiger partial charge in [-0.3, -0.25) is 4.55 Å². The fraction of sp³-hybridized carbons (Fsp3) is 1.00. The molecule has 8 heavy (non-hydrogen) atoms. The molecule has 1 atom stereocenters. The zero-order valence-corrected chi connectivity index (χ0v) is 5.86. The molecule has 50 valence electrons. The predicted octanol–water partition coefficient (Wildman–Crippen LogP) is 0.369. The Labute approximate surface area is 51.9 Å². The van der Waals surface area contributed by atoms with E-state index in [2.05, 4.69) is 4.72 Å². The molecule has 0 saturated heterocycles. The first-order valence-electron chi connectivity index (χ1n) is 2.47. The molecule has 0 heterocycles. The predicted molar refractivity (Wildman–Crippen MR) is 33.6 cm³/mol. The van der Waals surface area contributed by atoms with Crippen LogP contribution in [-0.2, 0) is 11.3 Å². The van der Waals surface area contributed by atoms with E-state index in [1.54, 1.807) is 0 Å². The van der Waals surface area contributed by atoms with E-state index in [1.807, 2.05) is 13.8 Å². The Balaban J connectivity index is 3.05. The monoisotopic (exact) mass is 137 g/mol. The molecule has 0 aromatic heterocycles. The van der Waals surface area contributed by atoms with E-state index in [0.717, 1.165) is 0 Å². The van der Waals surface area contributed by atoms with Gasteiger partial charge in [-0.15, -0.1) is 0 Å². The number of nitrogens with one attached hydrogen (secondary N) is 1. The van der Waals surface area contributed by atoms with Crippen molar-refractivity contribution in [3.05, 3.63) is 0 Å². The lowest BCUT2D eigenvalue weighted by Crippen LogP contribution is -2.21. The number of rotatable bonds is 3. The molecule has 0 rings (SSSR count). The first kappa shape index (κ1) is 8.07. The maximum absolute atomic E-state index is 9.90. The van der Waals surface area contributed by atoms with Gasteiger partial charge in [0.15, 0.2) is 0 Å². The quantitative estimate of drug-likeness (QED) is 0.552. The van der Waals surface area contributed by atoms with Crippen LogP contribution >= 0.6 is 0 Å². The molecule has 0 aliphatic rings. The Kier molecular flexibility index (Phi) is 4.03. The fourth-order valence-electron chi connectivity index (χ4n) is 0.238. The van der Waals surface area contributed by atoms with Crippen LogP contribution in [0.5, 0.6) is 0 Å². The van der Waals surface area contributed by atoms with Gasteiger partial charge in [0.1, 0.15) is 0 Å². The molecule has 0 spiro atoms. The second-order valence-electron chi connectivity index (χ2n) is 1.99. The standard InChI is InChI=1S/C4H11NO2S/c1-4(2)3-5-8(6)7/h4-5H,3H2,1-2H3,(H,6,7). The third kappa shape index (κ3) is 6.07. The van der Waals surface area contributed by atoms with Crippen LogP contribution in [0.4, 0.5) is 0 Å². The fourth-order valence-corrected chi connectivity index (χ4v) is 0.714. The smallest absolute Gasteiger partial charge is 0.231 e. The first-order valence-corrected chi connectivity index (χ1v) is 3.58. The average Bonchev–Trinajstić information content (AvgIpc) is 1.61. The van der Waals surface area contributed by atoms with Gasteiger partial charge in [0.25, 0.3) is 0 Å². The highest BCUT2D eigenvalue weighted by Gasteiger charge is 1.93. The molecule has 1 unspecified atom stereocenters. The van der Waals surface area contributed by atoms with Crippen LogP contribution in [0.1, 0.15) is 13.8 Å². The second-order valence-corrected chi connectivity index (χ2v) is 2.78. The highest BCUT2D eigenvalue weighted by Crippen LogP contribution is 1.86. The van der Waals surface area contributed by atoms with Gasteiger partial charge >= 0.3 is 0 Å². The zero-order valence-electron chi connectivity index (χ0n) is 5.05. The van der Waals surface area contributed by atoms with Gasteiger partial charge in [-0.1, -0.05) is 13.8 Å². The van der Waals surface area contributed by atoms with Gasteiger partial charge in [-0.2, -0.15) is 0 Å². The third-order valence-electron chi connectivity index (χ3n) is 0.615. The van der Waals surface area contributed by atoms with Crippen LogP contribution in [0.15, 0.2) is 0 Å². The second kappa shape index (κ2) is 4.00. The summed E-state index contributed by atoms with van der Waals surface area (Å²) in [6.45, 7) is 4.53. The van der Waals surface area contributed by atoms with E-state index in [1.165, 1.54) is 0 Å². The van der Waals surface area contributed by atoms with Crippen molar-refractivity contribution in [3.8, 4) is 0 Å². The van der Waals surface area contributed by atoms with Crippen LogP contribution in [0.25, 0.3) is 0 Å². The van der Waals surface area contributed by atoms with Crippen LogP contribution in [0.2, 0.25) is 0 Å². The maximum atomic E-state index is 9.90. The molecule has 3 nitrogen and oxygen atoms in total. The van der Waals surface area contributed by atoms with Gasteiger partial charge in [0.05, 0.1) is 0 Å². The summed E-state index contributed by atoms with van der Waals surface area (Å²) in [5, 5.41) is 0. The topological polar surface area (TPSA) is 49.3 Å². The van der Waals surface area contributed by atoms with Crippen molar-refractivity contribution in [2.75, 3.05) is 6.54 Å². The summed E-state index contributed by atoms with van der Waals surface area (Å²) < 4.78 is 20.4. The Morgan fingerprint density at radius 1 is 1.75 bits per heavy atom. The summed E-state index contributed by atoms with van der Waals surface area (Å²) in [6.07, 6.45) is 0. The van der Waals surface area contributed by atoms with Crippen molar-refractivity contribution in [1.82, 2.24) is 4.72 Å². The molecule has 0 fully saturated rings. The summed E-state index contributed by atoms with van der Waals surface area (Å²) in [5.41, 5.74) is 0. The molecular weight excluding hydrogens is 126 g/mol. The van der Waals surface area contributed by atoms with E-state index in [4.69, 9.17) is 4.55 Å². The maximum Gasteiger partial charge on any atom is 0.231 e. The molecule has 0 aliphatic carbocycles. The minimum Gasteiger partial charge on any atom is -0.294 e. The van der Waals surface area contributed by atoms with Gasteiger partial charge in [0, 0.05) is 6.54 Å². The van der Waals surface area contributed by atoms with Crippen LogP contribution in [-0.4, -0.2) is 15.3 Å². The van der Waals surface area contributed by atoms with Crippen LogP contribution in [0, 0.1) is 5.92 Å². The van der Waals surface area contributed by atoms with Gasteiger partial charge < -0.3 is 0 Å². The molecule has 0 bridgehead atoms. The highest BCUT2D eigenvalue weighted by molar-refractivity contribution is 7.77. The molecule has 0 saturated carbocycles. The van der Waals surface area contributed by atoms with Gasteiger partial charge in [-0.25, -0.2) is 8.93 Å². The van der Waals surface area contributed by atoms with Crippen molar-refractivity contribution < 1.29 is 8.76 Å². The van der Waals surface area contributed by atoms with Crippen LogP contribution < -0.4 is 4.72 Å². The molecular formula is C4H11NO2S. The van der Waals surface area contributed by atoms with Crippen LogP contribution in [0.3, 0.4) is 0 Å². The highest BCUT2D eigenvalue weighted by atomic mass is 32.2. The molecule has 0 aromatic rings. The van der Waals surface area contributed by atoms with Crippen molar-refractivity contribution in [2.24, 2.45) is 5.92 Å². The summed E-state index contributed by atoms with van der Waals surface area (Å²) >= 11 is -1.84. The Hall–Kier alpha value is 0.0700. The summed E-state index contributed by atoms with van der Waals surface area (Å²) in [5.74, 6) is 0.422. The Morgan fingerprint density at radius 3 is 2.38 bits per heavy atom. The van der Waals surface area contributed by atoms with Gasteiger partial charge in [0.2, 0.25) is 11.3 Å². The summed E-state index contributed by atoms with van der Waals surface area (Å²) in [6, 6.07) is 0. The lowest BCUT2D eigenvalue weighted by molar-refractivity contribution is 0.533. The molecule has 0 amide bonds. The molecule has 0 aromatic carbocycles. The van der Waals surface area contributed by atoms with Crippen molar-refractivity contribution in [1.29, 1.82) is 0 Å². The summed E-state index contributed by atoms with van der Waals surface area (Å²) in [7, 11) is 0. The SMILES string of the molecule is CC(C)CNS(=O)O. The van der Waals surface area contributed by atoms with Gasteiger partial charge in [-0.05, 0) is 5.92 Å². The number of hydrogen-bond acceptors (Lipinski definition) is 1. The van der Waals surface area contributed by atoms with Crippen molar-refractivity contribution >= 4 is 11.3 Å². The molecule has 0 aliphatic heterocycles. The van der Waals surface area contributed by atoms with E-state index in [0.29, 0.717) is 12.5 Å². The van der Waals surface area contributed by atoms with Crippen molar-refractivity contribution in [3.63, 3.8) is 0 Å². The minimum atomic E-state index is -1.84. The van der Waals surface area contributed by atoms with E-state index in [9.17, 15) is 4.21 Å². The van der Waals surface area contributed by atoms with Crippen molar-refractivity contribution in [2.45, 2.75) is 13.8 Å².